The van der Waals surface area contributed by atoms with E-state index in [0.717, 1.165) is 6.08 Å². The summed E-state index contributed by atoms with van der Waals surface area (Å²) in [5.41, 5.74) is 0. The second kappa shape index (κ2) is 7.47. The number of hydrogen-bond donors (Lipinski definition) is 1. The predicted molar refractivity (Wildman–Crippen MR) is 69.7 cm³/mol. The SMILES string of the molecule is C=CC(=O)OC(C)COC(=O)C1C=CCCC1C(=O)O. The molecule has 0 saturated heterocycles. The Morgan fingerprint density at radius 2 is 2.20 bits per heavy atom. The number of rotatable bonds is 6. The topological polar surface area (TPSA) is 89.9 Å². The summed E-state index contributed by atoms with van der Waals surface area (Å²) < 4.78 is 9.85. The average Bonchev–Trinajstić information content (AvgIpc) is 2.44. The van der Waals surface area contributed by atoms with Gasteiger partial charge in [-0.2, -0.15) is 0 Å². The molecular formula is C14H18O6. The number of ether oxygens (including phenoxy) is 2. The molecule has 6 heteroatoms. The summed E-state index contributed by atoms with van der Waals surface area (Å²) in [6.45, 7) is 4.71. The molecule has 0 amide bonds. The summed E-state index contributed by atoms with van der Waals surface area (Å²) >= 11 is 0. The molecule has 3 atom stereocenters. The van der Waals surface area contributed by atoms with Gasteiger partial charge < -0.3 is 14.6 Å². The van der Waals surface area contributed by atoms with Crippen molar-refractivity contribution in [3.05, 3.63) is 24.8 Å². The Labute approximate surface area is 117 Å². The van der Waals surface area contributed by atoms with E-state index in [4.69, 9.17) is 14.6 Å². The van der Waals surface area contributed by atoms with Gasteiger partial charge >= 0.3 is 17.9 Å². The molecule has 1 N–H and O–H groups in total. The number of carbonyl (C=O) groups is 3. The Morgan fingerprint density at radius 1 is 1.50 bits per heavy atom. The van der Waals surface area contributed by atoms with Crippen molar-refractivity contribution in [3.63, 3.8) is 0 Å². The van der Waals surface area contributed by atoms with Crippen LogP contribution in [0.15, 0.2) is 24.8 Å². The monoisotopic (exact) mass is 282 g/mol. The van der Waals surface area contributed by atoms with Crippen LogP contribution >= 0.6 is 0 Å². The van der Waals surface area contributed by atoms with Gasteiger partial charge in [0.1, 0.15) is 12.7 Å². The summed E-state index contributed by atoms with van der Waals surface area (Å²) in [6.07, 6.45) is 4.78. The molecule has 1 aliphatic carbocycles. The lowest BCUT2D eigenvalue weighted by molar-refractivity contribution is -0.161. The van der Waals surface area contributed by atoms with E-state index in [-0.39, 0.29) is 6.61 Å². The Morgan fingerprint density at radius 3 is 2.80 bits per heavy atom. The second-order valence-corrected chi connectivity index (χ2v) is 4.56. The third-order valence-electron chi connectivity index (χ3n) is 2.95. The van der Waals surface area contributed by atoms with Crippen molar-refractivity contribution in [2.45, 2.75) is 25.9 Å². The number of carbonyl (C=O) groups excluding carboxylic acids is 2. The molecule has 1 rings (SSSR count). The molecule has 0 aliphatic heterocycles. The van der Waals surface area contributed by atoms with Crippen molar-refractivity contribution in [2.75, 3.05) is 6.61 Å². The van der Waals surface area contributed by atoms with Crippen LogP contribution in [0.25, 0.3) is 0 Å². The first-order chi connectivity index (χ1) is 9.45. The zero-order valence-corrected chi connectivity index (χ0v) is 11.3. The molecule has 0 fully saturated rings. The van der Waals surface area contributed by atoms with Crippen molar-refractivity contribution < 1.29 is 29.0 Å². The van der Waals surface area contributed by atoms with Crippen molar-refractivity contribution >= 4 is 17.9 Å². The minimum Gasteiger partial charge on any atom is -0.481 e. The van der Waals surface area contributed by atoms with Crippen LogP contribution < -0.4 is 0 Å². The van der Waals surface area contributed by atoms with Crippen LogP contribution in [0.4, 0.5) is 0 Å². The normalized spacial score (nSPS) is 22.6. The molecule has 0 radical (unpaired) electrons. The quantitative estimate of drug-likeness (QED) is 0.449. The van der Waals surface area contributed by atoms with Gasteiger partial charge in [-0.05, 0) is 19.8 Å². The van der Waals surface area contributed by atoms with E-state index >= 15 is 0 Å². The maximum absolute atomic E-state index is 11.9. The van der Waals surface area contributed by atoms with E-state index in [1.807, 2.05) is 0 Å². The summed E-state index contributed by atoms with van der Waals surface area (Å²) in [7, 11) is 0. The van der Waals surface area contributed by atoms with Crippen LogP contribution in [-0.4, -0.2) is 35.7 Å². The summed E-state index contributed by atoms with van der Waals surface area (Å²) in [6, 6.07) is 0. The predicted octanol–water partition coefficient (Wildman–Crippen LogP) is 1.31. The van der Waals surface area contributed by atoms with E-state index in [1.165, 1.54) is 0 Å². The molecule has 0 aromatic carbocycles. The molecule has 0 aromatic rings. The van der Waals surface area contributed by atoms with Crippen LogP contribution in [-0.2, 0) is 23.9 Å². The van der Waals surface area contributed by atoms with Crippen LogP contribution in [0.5, 0.6) is 0 Å². The van der Waals surface area contributed by atoms with Gasteiger partial charge in [-0.25, -0.2) is 4.79 Å². The van der Waals surface area contributed by atoms with Gasteiger partial charge in [0.25, 0.3) is 0 Å². The van der Waals surface area contributed by atoms with Gasteiger partial charge in [0.05, 0.1) is 11.8 Å². The van der Waals surface area contributed by atoms with Crippen molar-refractivity contribution in [1.29, 1.82) is 0 Å². The number of allylic oxidation sites excluding steroid dienone is 1. The van der Waals surface area contributed by atoms with E-state index in [2.05, 4.69) is 6.58 Å². The molecule has 0 bridgehead atoms. The third kappa shape index (κ3) is 4.53. The smallest absolute Gasteiger partial charge is 0.330 e. The van der Waals surface area contributed by atoms with Gasteiger partial charge in [0.15, 0.2) is 0 Å². The molecule has 0 spiro atoms. The Balaban J connectivity index is 2.50. The molecule has 6 nitrogen and oxygen atoms in total. The maximum atomic E-state index is 11.9. The van der Waals surface area contributed by atoms with Crippen LogP contribution in [0, 0.1) is 11.8 Å². The molecular weight excluding hydrogens is 264 g/mol. The van der Waals surface area contributed by atoms with Gasteiger partial charge in [0.2, 0.25) is 0 Å². The molecule has 1 aliphatic rings. The average molecular weight is 282 g/mol. The Bertz CT molecular complexity index is 425. The van der Waals surface area contributed by atoms with Gasteiger partial charge in [-0.1, -0.05) is 18.7 Å². The molecule has 0 aromatic heterocycles. The molecule has 20 heavy (non-hydrogen) atoms. The molecule has 3 unspecified atom stereocenters. The minimum absolute atomic E-state index is 0.116. The fraction of sp³-hybridized carbons (Fsp3) is 0.500. The first kappa shape index (κ1) is 15.9. The van der Waals surface area contributed by atoms with E-state index < -0.39 is 35.8 Å². The van der Waals surface area contributed by atoms with E-state index in [1.54, 1.807) is 19.1 Å². The van der Waals surface area contributed by atoms with Crippen molar-refractivity contribution in [1.82, 2.24) is 0 Å². The Hall–Kier alpha value is -2.11. The van der Waals surface area contributed by atoms with Crippen molar-refractivity contribution in [3.8, 4) is 0 Å². The lowest BCUT2D eigenvalue weighted by Gasteiger charge is -2.23. The van der Waals surface area contributed by atoms with Crippen LogP contribution in [0.1, 0.15) is 19.8 Å². The third-order valence-corrected chi connectivity index (χ3v) is 2.95. The highest BCUT2D eigenvalue weighted by atomic mass is 16.6. The van der Waals surface area contributed by atoms with Gasteiger partial charge in [0, 0.05) is 6.08 Å². The minimum atomic E-state index is -1.01. The zero-order valence-electron chi connectivity index (χ0n) is 11.3. The second-order valence-electron chi connectivity index (χ2n) is 4.56. The van der Waals surface area contributed by atoms with Crippen molar-refractivity contribution in [2.24, 2.45) is 11.8 Å². The highest BCUT2D eigenvalue weighted by Gasteiger charge is 2.34. The number of esters is 2. The fourth-order valence-corrected chi connectivity index (χ4v) is 1.93. The lowest BCUT2D eigenvalue weighted by atomic mass is 9.84. The standard InChI is InChI=1S/C14H18O6/c1-3-12(15)20-9(2)8-19-14(18)11-7-5-4-6-10(11)13(16)17/h3,5,7,9-11H,1,4,6,8H2,2H3,(H,16,17). The summed E-state index contributed by atoms with van der Waals surface area (Å²) in [5.74, 6) is -3.78. The molecule has 110 valence electrons. The fourth-order valence-electron chi connectivity index (χ4n) is 1.93. The highest BCUT2D eigenvalue weighted by Crippen LogP contribution is 2.26. The zero-order chi connectivity index (χ0) is 15.1. The lowest BCUT2D eigenvalue weighted by Crippen LogP contribution is -2.33. The molecule has 0 heterocycles. The number of carboxylic acid groups (broad SMARTS) is 1. The molecule has 0 saturated carbocycles. The highest BCUT2D eigenvalue weighted by molar-refractivity contribution is 5.83. The largest absolute Gasteiger partial charge is 0.481 e. The van der Waals surface area contributed by atoms with E-state index in [9.17, 15) is 14.4 Å². The first-order valence-corrected chi connectivity index (χ1v) is 6.34. The van der Waals surface area contributed by atoms with E-state index in [0.29, 0.717) is 12.8 Å². The maximum Gasteiger partial charge on any atom is 0.330 e. The van der Waals surface area contributed by atoms with Gasteiger partial charge in [-0.15, -0.1) is 0 Å². The number of carboxylic acids is 1. The van der Waals surface area contributed by atoms with Crippen LogP contribution in [0.2, 0.25) is 0 Å². The van der Waals surface area contributed by atoms with Crippen LogP contribution in [0.3, 0.4) is 0 Å². The number of hydrogen-bond acceptors (Lipinski definition) is 5. The summed E-state index contributed by atoms with van der Waals surface area (Å²) in [4.78, 5) is 33.9. The first-order valence-electron chi connectivity index (χ1n) is 6.34. The Kier molecular flexibility index (Phi) is 5.96. The summed E-state index contributed by atoms with van der Waals surface area (Å²) in [5, 5.41) is 9.06. The van der Waals surface area contributed by atoms with Gasteiger partial charge in [-0.3, -0.25) is 9.59 Å². The number of aliphatic carboxylic acids is 1.